The summed E-state index contributed by atoms with van der Waals surface area (Å²) in [5.41, 5.74) is 1.07. The van der Waals surface area contributed by atoms with Crippen molar-refractivity contribution in [3.8, 4) is 0 Å². The molecule has 0 aromatic carbocycles. The number of hydrogen-bond acceptors (Lipinski definition) is 5. The van der Waals surface area contributed by atoms with E-state index in [4.69, 9.17) is 14.2 Å². The Hall–Kier alpha value is -0.920. The summed E-state index contributed by atoms with van der Waals surface area (Å²) in [6.07, 6.45) is 2.92. The van der Waals surface area contributed by atoms with Gasteiger partial charge in [0.15, 0.2) is 12.0 Å². The number of ether oxygens (including phenoxy) is 3. The van der Waals surface area contributed by atoms with Gasteiger partial charge < -0.3 is 14.2 Å². The number of halogens is 1. The van der Waals surface area contributed by atoms with Crippen LogP contribution in [0.15, 0.2) is 4.47 Å². The number of carbonyl (C=O) groups excluding carboxylic acids is 1. The summed E-state index contributed by atoms with van der Waals surface area (Å²) in [5, 5.41) is 4.29. The maximum absolute atomic E-state index is 11.8. The minimum atomic E-state index is -0.394. The molecule has 0 bridgehead atoms. The zero-order chi connectivity index (χ0) is 14.5. The van der Waals surface area contributed by atoms with E-state index in [0.29, 0.717) is 29.1 Å². The molecule has 1 aliphatic heterocycles. The average molecular weight is 347 g/mol. The Bertz CT molecular complexity index is 469. The number of aryl methyl sites for hydroxylation is 1. The fraction of sp³-hybridized carbons (Fsp3) is 0.692. The molecule has 0 N–H and O–H groups in total. The number of esters is 1. The van der Waals surface area contributed by atoms with Crippen LogP contribution in [0.5, 0.6) is 0 Å². The molecule has 1 fully saturated rings. The number of aromatic nitrogens is 2. The lowest BCUT2D eigenvalue weighted by atomic mass is 10.2. The lowest BCUT2D eigenvalue weighted by Crippen LogP contribution is -2.22. The summed E-state index contributed by atoms with van der Waals surface area (Å²) in [7, 11) is 1.71. The minimum Gasteiger partial charge on any atom is -0.461 e. The molecule has 0 amide bonds. The lowest BCUT2D eigenvalue weighted by Gasteiger charge is -2.22. The molecule has 2 rings (SSSR count). The van der Waals surface area contributed by atoms with Crippen LogP contribution in [-0.2, 0) is 27.9 Å². The van der Waals surface area contributed by atoms with Gasteiger partial charge in [-0.3, -0.25) is 4.68 Å². The first-order chi connectivity index (χ1) is 9.63. The van der Waals surface area contributed by atoms with Crippen LogP contribution >= 0.6 is 15.9 Å². The molecule has 1 saturated heterocycles. The summed E-state index contributed by atoms with van der Waals surface area (Å²) in [5.74, 6) is -0.394. The van der Waals surface area contributed by atoms with E-state index in [1.807, 2.05) is 0 Å². The molecule has 7 heteroatoms. The first-order valence-electron chi connectivity index (χ1n) is 6.75. The van der Waals surface area contributed by atoms with Crippen molar-refractivity contribution < 1.29 is 19.0 Å². The van der Waals surface area contributed by atoms with Crippen molar-refractivity contribution in [2.24, 2.45) is 7.05 Å². The molecular weight excluding hydrogens is 328 g/mol. The topological polar surface area (TPSA) is 62.6 Å². The van der Waals surface area contributed by atoms with E-state index in [1.54, 1.807) is 14.0 Å². The highest BCUT2D eigenvalue weighted by molar-refractivity contribution is 9.10. The first kappa shape index (κ1) is 15.5. The third-order valence-corrected chi connectivity index (χ3v) is 3.90. The smallest absolute Gasteiger partial charge is 0.357 e. The zero-order valence-corrected chi connectivity index (χ0v) is 13.3. The molecular formula is C13H19BrN2O4. The van der Waals surface area contributed by atoms with Crippen molar-refractivity contribution in [3.63, 3.8) is 0 Å². The predicted octanol–water partition coefficient (Wildman–Crippen LogP) is 2.40. The van der Waals surface area contributed by atoms with Crippen LogP contribution < -0.4 is 0 Å². The minimum absolute atomic E-state index is 0.177. The molecule has 0 radical (unpaired) electrons. The molecule has 112 valence electrons. The summed E-state index contributed by atoms with van der Waals surface area (Å²) in [6, 6.07) is 0. The quantitative estimate of drug-likeness (QED) is 0.766. The summed E-state index contributed by atoms with van der Waals surface area (Å²) >= 11 is 3.39. The Kier molecular flexibility index (Phi) is 5.56. The van der Waals surface area contributed by atoms with E-state index >= 15 is 0 Å². The first-order valence-corrected chi connectivity index (χ1v) is 7.54. The van der Waals surface area contributed by atoms with E-state index in [0.717, 1.165) is 25.9 Å². The van der Waals surface area contributed by atoms with E-state index in [1.165, 1.54) is 4.68 Å². The highest BCUT2D eigenvalue weighted by Gasteiger charge is 2.22. The molecule has 0 saturated carbocycles. The van der Waals surface area contributed by atoms with Gasteiger partial charge >= 0.3 is 5.97 Å². The summed E-state index contributed by atoms with van der Waals surface area (Å²) in [4.78, 5) is 11.8. The Morgan fingerprint density at radius 1 is 1.55 bits per heavy atom. The number of hydrogen-bond donors (Lipinski definition) is 0. The van der Waals surface area contributed by atoms with Crippen LogP contribution in [0.1, 0.15) is 42.4 Å². The molecule has 6 nitrogen and oxygen atoms in total. The van der Waals surface area contributed by atoms with Gasteiger partial charge in [-0.2, -0.15) is 5.10 Å². The van der Waals surface area contributed by atoms with Gasteiger partial charge in [0.2, 0.25) is 0 Å². The van der Waals surface area contributed by atoms with Gasteiger partial charge in [0.05, 0.1) is 17.7 Å². The molecule has 1 atom stereocenters. The van der Waals surface area contributed by atoms with Crippen molar-refractivity contribution >= 4 is 21.9 Å². The van der Waals surface area contributed by atoms with Crippen LogP contribution in [0, 0.1) is 0 Å². The lowest BCUT2D eigenvalue weighted by molar-refractivity contribution is -0.169. The van der Waals surface area contributed by atoms with Gasteiger partial charge in [-0.15, -0.1) is 0 Å². The van der Waals surface area contributed by atoms with Crippen molar-refractivity contribution in [1.82, 2.24) is 9.78 Å². The molecule has 1 aromatic heterocycles. The van der Waals surface area contributed by atoms with Crippen molar-refractivity contribution in [3.05, 3.63) is 15.9 Å². The Morgan fingerprint density at radius 2 is 2.35 bits per heavy atom. The maximum Gasteiger partial charge on any atom is 0.357 e. The van der Waals surface area contributed by atoms with Gasteiger partial charge in [0.1, 0.15) is 5.69 Å². The van der Waals surface area contributed by atoms with Crippen molar-refractivity contribution in [2.75, 3.05) is 13.2 Å². The summed E-state index contributed by atoms with van der Waals surface area (Å²) in [6.45, 7) is 3.14. The second-order valence-corrected chi connectivity index (χ2v) is 5.35. The molecule has 20 heavy (non-hydrogen) atoms. The van der Waals surface area contributed by atoms with Crippen molar-refractivity contribution in [2.45, 2.75) is 39.1 Å². The van der Waals surface area contributed by atoms with Crippen LogP contribution in [-0.4, -0.2) is 35.3 Å². The van der Waals surface area contributed by atoms with Crippen LogP contribution in [0.3, 0.4) is 0 Å². The third kappa shape index (κ3) is 3.59. The average Bonchev–Trinajstić information content (AvgIpc) is 2.72. The fourth-order valence-electron chi connectivity index (χ4n) is 2.08. The number of rotatable bonds is 5. The van der Waals surface area contributed by atoms with E-state index in [2.05, 4.69) is 21.0 Å². The molecule has 0 spiro atoms. The predicted molar refractivity (Wildman–Crippen MR) is 75.2 cm³/mol. The normalized spacial score (nSPS) is 19.1. The second kappa shape index (κ2) is 7.19. The van der Waals surface area contributed by atoms with Crippen molar-refractivity contribution in [1.29, 1.82) is 0 Å². The van der Waals surface area contributed by atoms with E-state index < -0.39 is 5.97 Å². The molecule has 1 aromatic rings. The molecule has 1 aliphatic rings. The van der Waals surface area contributed by atoms with Crippen LogP contribution in [0.2, 0.25) is 0 Å². The van der Waals surface area contributed by atoms with Gasteiger partial charge in [-0.05, 0) is 42.1 Å². The van der Waals surface area contributed by atoms with E-state index in [-0.39, 0.29) is 6.29 Å². The number of carbonyl (C=O) groups is 1. The van der Waals surface area contributed by atoms with Gasteiger partial charge in [0.25, 0.3) is 0 Å². The number of nitrogens with zero attached hydrogens (tertiary/aromatic N) is 2. The highest BCUT2D eigenvalue weighted by atomic mass is 79.9. The van der Waals surface area contributed by atoms with Gasteiger partial charge in [0, 0.05) is 13.7 Å². The van der Waals surface area contributed by atoms with Gasteiger partial charge in [-0.1, -0.05) is 0 Å². The van der Waals surface area contributed by atoms with Gasteiger partial charge in [-0.25, -0.2) is 4.79 Å². The largest absolute Gasteiger partial charge is 0.461 e. The fourth-order valence-corrected chi connectivity index (χ4v) is 2.69. The standard InChI is InChI=1S/C13H19BrN2O4/c1-3-18-13(17)12-11(14)9(15-16(12)2)8-20-10-6-4-5-7-19-10/h10H,3-8H2,1-2H3. The molecule has 1 unspecified atom stereocenters. The Labute approximate surface area is 126 Å². The monoisotopic (exact) mass is 346 g/mol. The molecule has 2 heterocycles. The highest BCUT2D eigenvalue weighted by Crippen LogP contribution is 2.24. The zero-order valence-electron chi connectivity index (χ0n) is 11.7. The third-order valence-electron chi connectivity index (χ3n) is 3.07. The van der Waals surface area contributed by atoms with Crippen LogP contribution in [0.25, 0.3) is 0 Å². The summed E-state index contributed by atoms with van der Waals surface area (Å²) < 4.78 is 18.3. The van der Waals surface area contributed by atoms with Crippen LogP contribution in [0.4, 0.5) is 0 Å². The Morgan fingerprint density at radius 3 is 3.00 bits per heavy atom. The second-order valence-electron chi connectivity index (χ2n) is 4.56. The maximum atomic E-state index is 11.8. The Balaban J connectivity index is 2.01. The van der Waals surface area contributed by atoms with E-state index in [9.17, 15) is 4.79 Å². The SMILES string of the molecule is CCOC(=O)c1c(Br)c(COC2CCCCO2)nn1C. The molecule has 0 aliphatic carbocycles.